The molecule has 1 radical (unpaired) electrons. The van der Waals surface area contributed by atoms with E-state index in [1.807, 2.05) is 0 Å². The highest BCUT2D eigenvalue weighted by atomic mass is 35.6. The lowest BCUT2D eigenvalue weighted by molar-refractivity contribution is 0.626. The largest absolute Gasteiger partial charge is 0.381 e. The molecule has 1 aromatic carbocycles. The van der Waals surface area contributed by atoms with Gasteiger partial charge in [-0.05, 0) is 17.7 Å². The van der Waals surface area contributed by atoms with Crippen LogP contribution in [0.25, 0.3) is 0 Å². The van der Waals surface area contributed by atoms with E-state index in [4.69, 9.17) is 11.1 Å². The van der Waals surface area contributed by atoms with Gasteiger partial charge in [0, 0.05) is 6.04 Å². The molecule has 0 fully saturated rings. The molecule has 0 unspecified atom stereocenters. The van der Waals surface area contributed by atoms with E-state index >= 15 is 0 Å². The van der Waals surface area contributed by atoms with Crippen LogP contribution in [0.5, 0.6) is 0 Å². The molecule has 1 rings (SSSR count). The Kier molecular flexibility index (Phi) is 3.02. The summed E-state index contributed by atoms with van der Waals surface area (Å²) in [6, 6.07) is 5.99. The first-order chi connectivity index (χ1) is 5.18. The number of benzene rings is 1. The number of hydrogen-bond donors (Lipinski definition) is 0. The van der Waals surface area contributed by atoms with Crippen LogP contribution in [-0.2, 0) is 6.04 Å². The molecule has 0 saturated carbocycles. The van der Waals surface area contributed by atoms with Gasteiger partial charge in [0.2, 0.25) is 0 Å². The van der Waals surface area contributed by atoms with Crippen LogP contribution in [0.15, 0.2) is 24.3 Å². The van der Waals surface area contributed by atoms with Crippen LogP contribution in [-0.4, -0.2) is 8.44 Å². The normalized spacial score (nSPS) is 10.5. The van der Waals surface area contributed by atoms with Crippen molar-refractivity contribution in [2.45, 2.75) is 6.04 Å². The lowest BCUT2D eigenvalue weighted by Gasteiger charge is -1.97. The van der Waals surface area contributed by atoms with Crippen LogP contribution in [0.2, 0.25) is 0 Å². The minimum absolute atomic E-state index is 0.157. The Morgan fingerprint density at radius 2 is 2.18 bits per heavy atom. The van der Waals surface area contributed by atoms with Gasteiger partial charge in [0.25, 0.3) is 0 Å². The molecule has 0 aliphatic carbocycles. The van der Waals surface area contributed by atoms with Crippen LogP contribution in [0.4, 0.5) is 8.50 Å². The smallest absolute Gasteiger partial charge is 0.292 e. The highest BCUT2D eigenvalue weighted by Crippen LogP contribution is 2.07. The van der Waals surface area contributed by atoms with Gasteiger partial charge in [-0.1, -0.05) is 12.1 Å². The molecule has 0 aliphatic rings. The average molecular weight is 192 g/mol. The maximum atomic E-state index is 12.5. The molecule has 0 N–H and O–H groups in total. The van der Waals surface area contributed by atoms with Crippen LogP contribution in [0.3, 0.4) is 0 Å². The highest BCUT2D eigenvalue weighted by Gasteiger charge is 2.07. The molecule has 0 atom stereocenters. The third-order valence-electron chi connectivity index (χ3n) is 1.23. The quantitative estimate of drug-likeness (QED) is 0.498. The van der Waals surface area contributed by atoms with Crippen molar-refractivity contribution in [1.82, 2.24) is 0 Å². The summed E-state index contributed by atoms with van der Waals surface area (Å²) >= 11 is 5.18. The minimum Gasteiger partial charge on any atom is -0.292 e. The van der Waals surface area contributed by atoms with Crippen molar-refractivity contribution in [3.05, 3.63) is 35.6 Å². The molecule has 0 nitrogen and oxygen atoms in total. The van der Waals surface area contributed by atoms with E-state index in [9.17, 15) is 8.50 Å². The zero-order chi connectivity index (χ0) is 8.27. The Balaban J connectivity index is 2.71. The highest BCUT2D eigenvalue weighted by molar-refractivity contribution is 7.02. The van der Waals surface area contributed by atoms with Crippen LogP contribution in [0, 0.1) is 5.82 Å². The van der Waals surface area contributed by atoms with E-state index in [2.05, 4.69) is 0 Å². The maximum Gasteiger partial charge on any atom is 0.381 e. The van der Waals surface area contributed by atoms with Gasteiger partial charge in [0.1, 0.15) is 5.82 Å². The molecule has 11 heavy (non-hydrogen) atoms. The van der Waals surface area contributed by atoms with Crippen molar-refractivity contribution in [3.63, 3.8) is 0 Å². The molecule has 0 aliphatic heterocycles. The van der Waals surface area contributed by atoms with E-state index in [0.29, 0.717) is 5.56 Å². The van der Waals surface area contributed by atoms with E-state index in [1.165, 1.54) is 12.1 Å². The van der Waals surface area contributed by atoms with E-state index in [-0.39, 0.29) is 11.9 Å². The molecule has 1 aromatic rings. The summed E-state index contributed by atoms with van der Waals surface area (Å²) in [4.78, 5) is 0. The second kappa shape index (κ2) is 3.83. The predicted octanol–water partition coefficient (Wildman–Crippen LogP) is 2.60. The molecule has 0 spiro atoms. The molecule has 0 amide bonds. The van der Waals surface area contributed by atoms with Gasteiger partial charge in [-0.25, -0.2) is 4.39 Å². The number of rotatable bonds is 2. The molecule has 0 heterocycles. The summed E-state index contributed by atoms with van der Waals surface area (Å²) in [5.74, 6) is -0.345. The first-order valence-electron chi connectivity index (χ1n) is 3.10. The average Bonchev–Trinajstić information content (AvgIpc) is 1.85. The fourth-order valence-electron chi connectivity index (χ4n) is 0.801. The molecule has 4 heteroatoms. The van der Waals surface area contributed by atoms with Gasteiger partial charge in [0.15, 0.2) is 0 Å². The van der Waals surface area contributed by atoms with Crippen molar-refractivity contribution >= 4 is 19.5 Å². The molecule has 59 valence electrons. The third kappa shape index (κ3) is 2.99. The molecule has 0 aromatic heterocycles. The zero-order valence-corrected chi connectivity index (χ0v) is 7.41. The first kappa shape index (κ1) is 8.68. The second-order valence-electron chi connectivity index (χ2n) is 2.15. The van der Waals surface area contributed by atoms with Crippen molar-refractivity contribution in [2.75, 3.05) is 0 Å². The van der Waals surface area contributed by atoms with Crippen molar-refractivity contribution in [1.29, 1.82) is 0 Å². The molecular weight excluding hydrogens is 186 g/mol. The zero-order valence-electron chi connectivity index (χ0n) is 5.65. The monoisotopic (exact) mass is 191 g/mol. The number of halogens is 3. The van der Waals surface area contributed by atoms with Crippen LogP contribution in [0.1, 0.15) is 5.56 Å². The summed E-state index contributed by atoms with van der Waals surface area (Å²) in [6.45, 7) is 0. The lowest BCUT2D eigenvalue weighted by atomic mass is 10.2. The predicted molar refractivity (Wildman–Crippen MR) is 42.8 cm³/mol. The SMILES string of the molecule is Fc1cccc(C[Si](F)Cl)c1. The Hall–Kier alpha value is -0.413. The topological polar surface area (TPSA) is 0 Å². The third-order valence-corrected chi connectivity index (χ3v) is 2.30. The molecule has 0 saturated heterocycles. The molecular formula is C7H6ClF2Si. The van der Waals surface area contributed by atoms with Gasteiger partial charge in [-0.15, -0.1) is 11.1 Å². The fourth-order valence-corrected chi connectivity index (χ4v) is 1.79. The van der Waals surface area contributed by atoms with Crippen LogP contribution < -0.4 is 0 Å². The second-order valence-corrected chi connectivity index (χ2v) is 4.41. The Morgan fingerprint density at radius 1 is 1.45 bits per heavy atom. The van der Waals surface area contributed by atoms with E-state index in [1.54, 1.807) is 12.1 Å². The van der Waals surface area contributed by atoms with Gasteiger partial charge in [-0.2, -0.15) is 0 Å². The summed E-state index contributed by atoms with van der Waals surface area (Å²) in [7, 11) is -2.30. The number of hydrogen-bond acceptors (Lipinski definition) is 0. The first-order valence-corrected chi connectivity index (χ1v) is 5.69. The van der Waals surface area contributed by atoms with Crippen molar-refractivity contribution in [3.8, 4) is 0 Å². The Bertz CT molecular complexity index is 240. The van der Waals surface area contributed by atoms with Gasteiger partial charge in [-0.3, -0.25) is 4.11 Å². The van der Waals surface area contributed by atoms with Crippen molar-refractivity contribution in [2.24, 2.45) is 0 Å². The minimum atomic E-state index is -2.30. The standard InChI is InChI=1S/C7H6ClF2Si/c8-11(10)5-6-2-1-3-7(9)4-6/h1-4H,5H2. The van der Waals surface area contributed by atoms with Gasteiger partial charge < -0.3 is 0 Å². The maximum absolute atomic E-state index is 12.5. The van der Waals surface area contributed by atoms with Crippen molar-refractivity contribution < 1.29 is 8.50 Å². The molecule has 0 bridgehead atoms. The fraction of sp³-hybridized carbons (Fsp3) is 0.143. The summed E-state index contributed by atoms with van der Waals surface area (Å²) in [6.07, 6.45) is 0. The lowest BCUT2D eigenvalue weighted by Crippen LogP contribution is -2.00. The summed E-state index contributed by atoms with van der Waals surface area (Å²) in [5.41, 5.74) is 0.622. The van der Waals surface area contributed by atoms with Gasteiger partial charge >= 0.3 is 8.44 Å². The van der Waals surface area contributed by atoms with E-state index in [0.717, 1.165) is 0 Å². The Labute approximate surface area is 70.3 Å². The van der Waals surface area contributed by atoms with Gasteiger partial charge in [0.05, 0.1) is 0 Å². The summed E-state index contributed by atoms with van der Waals surface area (Å²) < 4.78 is 24.7. The van der Waals surface area contributed by atoms with E-state index < -0.39 is 8.44 Å². The Morgan fingerprint density at radius 3 is 2.73 bits per heavy atom. The van der Waals surface area contributed by atoms with Crippen LogP contribution >= 0.6 is 11.1 Å². The summed E-state index contributed by atoms with van der Waals surface area (Å²) in [5, 5.41) is 0.